The smallest absolute Gasteiger partial charge is 0.247 e. The van der Waals surface area contributed by atoms with Crippen molar-refractivity contribution in [3.05, 3.63) is 47.0 Å². The van der Waals surface area contributed by atoms with Crippen molar-refractivity contribution in [2.24, 2.45) is 0 Å². The molecule has 1 aliphatic heterocycles. The van der Waals surface area contributed by atoms with Crippen molar-refractivity contribution in [1.82, 2.24) is 4.98 Å². The Hall–Kier alpha value is -3.36. The Balaban J connectivity index is 1.69. The predicted molar refractivity (Wildman–Crippen MR) is 103 cm³/mol. The Labute approximate surface area is 165 Å². The number of carbonyl (C=O) groups excluding carboxylic acids is 2. The molecule has 0 spiro atoms. The first kappa shape index (κ1) is 18.0. The lowest BCUT2D eigenvalue weighted by Gasteiger charge is -2.16. The van der Waals surface area contributed by atoms with Crippen molar-refractivity contribution in [1.29, 1.82) is 10.5 Å². The maximum absolute atomic E-state index is 12.8. The third-order valence-corrected chi connectivity index (χ3v) is 5.98. The molecule has 0 bridgehead atoms. The summed E-state index contributed by atoms with van der Waals surface area (Å²) in [5.41, 5.74) is 7.63. The molecular weight excluding hydrogens is 374 g/mol. The molecule has 138 valence electrons. The summed E-state index contributed by atoms with van der Waals surface area (Å²) >= 11 is 1.07. The molecule has 2 fully saturated rings. The third kappa shape index (κ3) is 2.98. The first-order chi connectivity index (χ1) is 13.5. The lowest BCUT2D eigenvalue weighted by Crippen LogP contribution is -2.31. The predicted octanol–water partition coefficient (Wildman–Crippen LogP) is 2.71. The largest absolute Gasteiger partial charge is 0.383 e. The molecule has 1 aromatic carbocycles. The molecule has 8 heteroatoms. The van der Waals surface area contributed by atoms with E-state index < -0.39 is 5.25 Å². The van der Waals surface area contributed by atoms with Gasteiger partial charge in [-0.2, -0.15) is 10.5 Å². The second-order valence-corrected chi connectivity index (χ2v) is 7.87. The Morgan fingerprint density at radius 3 is 2.39 bits per heavy atom. The van der Waals surface area contributed by atoms with Gasteiger partial charge in [-0.15, -0.1) is 0 Å². The maximum Gasteiger partial charge on any atom is 0.247 e. The molecule has 1 aromatic heterocycles. The number of hydrogen-bond donors (Lipinski definition) is 1. The van der Waals surface area contributed by atoms with Gasteiger partial charge in [0.25, 0.3) is 0 Å². The van der Waals surface area contributed by atoms with Crippen LogP contribution in [0.5, 0.6) is 0 Å². The van der Waals surface area contributed by atoms with Gasteiger partial charge < -0.3 is 5.73 Å². The van der Waals surface area contributed by atoms with E-state index in [4.69, 9.17) is 5.73 Å². The number of anilines is 2. The zero-order chi connectivity index (χ0) is 19.8. The number of pyridine rings is 1. The molecule has 2 aromatic rings. The minimum absolute atomic E-state index is 0.0175. The molecule has 1 saturated carbocycles. The van der Waals surface area contributed by atoms with Crippen LogP contribution >= 0.6 is 11.8 Å². The number of para-hydroxylation sites is 1. The zero-order valence-electron chi connectivity index (χ0n) is 14.8. The Morgan fingerprint density at radius 1 is 1.11 bits per heavy atom. The second-order valence-electron chi connectivity index (χ2n) is 6.68. The van der Waals surface area contributed by atoms with E-state index in [0.717, 1.165) is 24.6 Å². The first-order valence-corrected chi connectivity index (χ1v) is 9.65. The van der Waals surface area contributed by atoms with Crippen LogP contribution in [0, 0.1) is 22.7 Å². The van der Waals surface area contributed by atoms with Crippen LogP contribution in [-0.4, -0.2) is 22.0 Å². The highest BCUT2D eigenvalue weighted by molar-refractivity contribution is 8.00. The van der Waals surface area contributed by atoms with Crippen LogP contribution in [0.1, 0.15) is 41.9 Å². The Morgan fingerprint density at radius 2 is 1.79 bits per heavy atom. The number of nitrogens with zero attached hydrogens (tertiary/aromatic N) is 4. The lowest BCUT2D eigenvalue weighted by atomic mass is 10.0. The van der Waals surface area contributed by atoms with Crippen molar-refractivity contribution in [3.63, 3.8) is 0 Å². The number of aromatic nitrogens is 1. The van der Waals surface area contributed by atoms with Gasteiger partial charge in [-0.25, -0.2) is 9.88 Å². The fraction of sp³-hybridized carbons (Fsp3) is 0.250. The van der Waals surface area contributed by atoms with Crippen molar-refractivity contribution in [3.8, 4) is 12.1 Å². The Kier molecular flexibility index (Phi) is 4.50. The molecule has 7 nitrogen and oxygen atoms in total. The van der Waals surface area contributed by atoms with Gasteiger partial charge >= 0.3 is 0 Å². The second kappa shape index (κ2) is 6.99. The number of imide groups is 1. The number of carbonyl (C=O) groups is 2. The summed E-state index contributed by atoms with van der Waals surface area (Å²) in [7, 11) is 0. The SMILES string of the molecule is N#Cc1c(N)nc(SC2CC(=O)N(c3ccccc3)C2=O)c(C#N)c1C1CC1. The molecule has 1 unspecified atom stereocenters. The number of nitrogens with two attached hydrogens (primary N) is 1. The van der Waals surface area contributed by atoms with Crippen LogP contribution < -0.4 is 10.6 Å². The summed E-state index contributed by atoms with van der Waals surface area (Å²) in [6.07, 6.45) is 1.79. The topological polar surface area (TPSA) is 124 Å². The number of rotatable bonds is 4. The summed E-state index contributed by atoms with van der Waals surface area (Å²) in [6, 6.07) is 12.9. The average molecular weight is 389 g/mol. The summed E-state index contributed by atoms with van der Waals surface area (Å²) in [5.74, 6) is -0.461. The number of amides is 2. The first-order valence-electron chi connectivity index (χ1n) is 8.77. The molecule has 2 N–H and O–H groups in total. The molecule has 2 aliphatic rings. The normalized spacial score (nSPS) is 18.8. The summed E-state index contributed by atoms with van der Waals surface area (Å²) in [4.78, 5) is 30.7. The number of hydrogen-bond acceptors (Lipinski definition) is 7. The maximum atomic E-state index is 12.8. The van der Waals surface area contributed by atoms with E-state index in [1.54, 1.807) is 24.3 Å². The van der Waals surface area contributed by atoms with E-state index in [0.29, 0.717) is 16.3 Å². The fourth-order valence-corrected chi connectivity index (χ4v) is 4.50. The number of nitriles is 2. The Bertz CT molecular complexity index is 1070. The van der Waals surface area contributed by atoms with E-state index in [9.17, 15) is 20.1 Å². The molecule has 0 radical (unpaired) electrons. The third-order valence-electron chi connectivity index (χ3n) is 4.81. The highest BCUT2D eigenvalue weighted by Crippen LogP contribution is 2.46. The number of thioether (sulfide) groups is 1. The molecule has 1 saturated heterocycles. The van der Waals surface area contributed by atoms with Crippen molar-refractivity contribution in [2.75, 3.05) is 10.6 Å². The molecule has 2 heterocycles. The molecule has 1 aliphatic carbocycles. The van der Waals surface area contributed by atoms with Gasteiger partial charge in [0, 0.05) is 6.42 Å². The van der Waals surface area contributed by atoms with E-state index in [1.165, 1.54) is 4.90 Å². The highest BCUT2D eigenvalue weighted by atomic mass is 32.2. The summed E-state index contributed by atoms with van der Waals surface area (Å²) < 4.78 is 0. The molecular formula is C20H15N5O2S. The van der Waals surface area contributed by atoms with Crippen LogP contribution in [-0.2, 0) is 9.59 Å². The van der Waals surface area contributed by atoms with Crippen LogP contribution in [0.25, 0.3) is 0 Å². The quantitative estimate of drug-likeness (QED) is 0.797. The van der Waals surface area contributed by atoms with E-state index in [1.807, 2.05) is 12.1 Å². The fourth-order valence-electron chi connectivity index (χ4n) is 3.37. The van der Waals surface area contributed by atoms with Crippen LogP contribution in [0.3, 0.4) is 0 Å². The highest BCUT2D eigenvalue weighted by Gasteiger charge is 2.41. The molecule has 28 heavy (non-hydrogen) atoms. The van der Waals surface area contributed by atoms with Gasteiger partial charge in [0.1, 0.15) is 23.0 Å². The minimum atomic E-state index is -0.688. The van der Waals surface area contributed by atoms with Gasteiger partial charge in [-0.05, 0) is 36.5 Å². The van der Waals surface area contributed by atoms with Crippen LogP contribution in [0.2, 0.25) is 0 Å². The van der Waals surface area contributed by atoms with Crippen molar-refractivity contribution in [2.45, 2.75) is 35.5 Å². The monoisotopic (exact) mass is 389 g/mol. The van der Waals surface area contributed by atoms with Crippen LogP contribution in [0.15, 0.2) is 35.4 Å². The van der Waals surface area contributed by atoms with Crippen LogP contribution in [0.4, 0.5) is 11.5 Å². The number of nitrogen functional groups attached to an aromatic ring is 1. The van der Waals surface area contributed by atoms with Crippen molar-refractivity contribution >= 4 is 35.1 Å². The summed E-state index contributed by atoms with van der Waals surface area (Å²) in [5, 5.41) is 18.7. The molecule has 1 atom stereocenters. The standard InChI is InChI=1S/C20H15N5O2S/c21-9-13-17(11-6-7-11)14(10-22)19(24-18(13)23)28-15-8-16(26)25(20(15)27)12-4-2-1-3-5-12/h1-5,11,15H,6-8H2,(H2,23,24). The van der Waals surface area contributed by atoms with Gasteiger partial charge in [0.05, 0.1) is 22.1 Å². The van der Waals surface area contributed by atoms with E-state index in [2.05, 4.69) is 11.1 Å². The van der Waals surface area contributed by atoms with E-state index in [-0.39, 0.29) is 41.1 Å². The van der Waals surface area contributed by atoms with Crippen molar-refractivity contribution < 1.29 is 9.59 Å². The average Bonchev–Trinajstić information content (AvgIpc) is 3.48. The van der Waals surface area contributed by atoms with Gasteiger partial charge in [-0.1, -0.05) is 30.0 Å². The van der Waals surface area contributed by atoms with Gasteiger partial charge in [0.2, 0.25) is 11.8 Å². The number of benzene rings is 1. The van der Waals surface area contributed by atoms with Gasteiger partial charge in [0.15, 0.2) is 0 Å². The molecule has 2 amide bonds. The zero-order valence-corrected chi connectivity index (χ0v) is 15.6. The van der Waals surface area contributed by atoms with Gasteiger partial charge in [-0.3, -0.25) is 9.59 Å². The minimum Gasteiger partial charge on any atom is -0.383 e. The van der Waals surface area contributed by atoms with E-state index >= 15 is 0 Å². The lowest BCUT2D eigenvalue weighted by molar-refractivity contribution is -0.121. The molecule has 4 rings (SSSR count). The summed E-state index contributed by atoms with van der Waals surface area (Å²) in [6.45, 7) is 0.